The Kier molecular flexibility index (Phi) is 7.73. The zero-order valence-corrected chi connectivity index (χ0v) is 17.0. The third kappa shape index (κ3) is 6.57. The Labute approximate surface area is 168 Å². The molecule has 0 atom stereocenters. The fourth-order valence-corrected chi connectivity index (χ4v) is 3.44. The standard InChI is InChI=1S/C23H32N4O/c1-19-8-10-22(11-9-19)28-17-14-25-23(24-2)26-21-12-15-27(16-13-21)18-20-6-4-3-5-7-20/h3-11,21H,12-18H2,1-2H3,(H2,24,25,26). The lowest BCUT2D eigenvalue weighted by molar-refractivity contribution is 0.198. The van der Waals surface area contributed by atoms with E-state index in [1.54, 1.807) is 0 Å². The molecule has 2 aromatic carbocycles. The number of hydrogen-bond acceptors (Lipinski definition) is 3. The lowest BCUT2D eigenvalue weighted by Crippen LogP contribution is -2.49. The van der Waals surface area contributed by atoms with Crippen LogP contribution in [0.1, 0.15) is 24.0 Å². The minimum Gasteiger partial charge on any atom is -0.492 e. The molecule has 2 aromatic rings. The molecule has 0 amide bonds. The summed E-state index contributed by atoms with van der Waals surface area (Å²) in [7, 11) is 1.82. The largest absolute Gasteiger partial charge is 0.492 e. The molecular weight excluding hydrogens is 348 g/mol. The first kappa shape index (κ1) is 20.2. The van der Waals surface area contributed by atoms with Crippen molar-refractivity contribution in [2.24, 2.45) is 4.99 Å². The molecule has 0 aromatic heterocycles. The van der Waals surface area contributed by atoms with Crippen LogP contribution in [0.15, 0.2) is 59.6 Å². The number of likely N-dealkylation sites (tertiary alicyclic amines) is 1. The third-order valence-corrected chi connectivity index (χ3v) is 5.09. The highest BCUT2D eigenvalue weighted by Gasteiger charge is 2.19. The van der Waals surface area contributed by atoms with Gasteiger partial charge in [-0.05, 0) is 37.5 Å². The van der Waals surface area contributed by atoms with Crippen LogP contribution in [0, 0.1) is 6.92 Å². The highest BCUT2D eigenvalue weighted by Crippen LogP contribution is 2.14. The van der Waals surface area contributed by atoms with Crippen molar-refractivity contribution in [3.8, 4) is 5.75 Å². The van der Waals surface area contributed by atoms with Crippen LogP contribution < -0.4 is 15.4 Å². The summed E-state index contributed by atoms with van der Waals surface area (Å²) in [6.07, 6.45) is 2.26. The summed E-state index contributed by atoms with van der Waals surface area (Å²) in [5.74, 6) is 1.76. The van der Waals surface area contributed by atoms with Gasteiger partial charge < -0.3 is 15.4 Å². The summed E-state index contributed by atoms with van der Waals surface area (Å²) < 4.78 is 5.76. The van der Waals surface area contributed by atoms with Gasteiger partial charge in [-0.3, -0.25) is 9.89 Å². The van der Waals surface area contributed by atoms with E-state index in [1.165, 1.54) is 11.1 Å². The number of hydrogen-bond donors (Lipinski definition) is 2. The number of nitrogens with one attached hydrogen (secondary N) is 2. The van der Waals surface area contributed by atoms with E-state index >= 15 is 0 Å². The second kappa shape index (κ2) is 10.7. The van der Waals surface area contributed by atoms with E-state index in [-0.39, 0.29) is 0 Å². The fraction of sp³-hybridized carbons (Fsp3) is 0.435. The Hall–Kier alpha value is -2.53. The maximum atomic E-state index is 5.76. The highest BCUT2D eigenvalue weighted by molar-refractivity contribution is 5.79. The van der Waals surface area contributed by atoms with Crippen molar-refractivity contribution in [2.45, 2.75) is 32.4 Å². The lowest BCUT2D eigenvalue weighted by atomic mass is 10.0. The average Bonchev–Trinajstić information content (AvgIpc) is 2.73. The SMILES string of the molecule is CN=C(NCCOc1ccc(C)cc1)NC1CCN(Cc2ccccc2)CC1. The van der Waals surface area contributed by atoms with Crippen LogP contribution in [-0.2, 0) is 6.54 Å². The van der Waals surface area contributed by atoms with Gasteiger partial charge in [-0.1, -0.05) is 48.0 Å². The predicted octanol–water partition coefficient (Wildman–Crippen LogP) is 3.20. The van der Waals surface area contributed by atoms with Gasteiger partial charge in [-0.25, -0.2) is 0 Å². The summed E-state index contributed by atoms with van der Waals surface area (Å²) >= 11 is 0. The topological polar surface area (TPSA) is 48.9 Å². The van der Waals surface area contributed by atoms with Gasteiger partial charge in [0.1, 0.15) is 12.4 Å². The van der Waals surface area contributed by atoms with Gasteiger partial charge in [0.2, 0.25) is 0 Å². The van der Waals surface area contributed by atoms with Crippen molar-refractivity contribution >= 4 is 5.96 Å². The molecular formula is C23H32N4O. The molecule has 0 aliphatic carbocycles. The summed E-state index contributed by atoms with van der Waals surface area (Å²) in [6, 6.07) is 19.3. The molecule has 150 valence electrons. The molecule has 28 heavy (non-hydrogen) atoms. The number of benzene rings is 2. The first-order valence-electron chi connectivity index (χ1n) is 10.2. The summed E-state index contributed by atoms with van der Waals surface area (Å²) in [6.45, 7) is 6.67. The molecule has 5 heteroatoms. The Morgan fingerprint density at radius 3 is 2.46 bits per heavy atom. The molecule has 0 unspecified atom stereocenters. The summed E-state index contributed by atoms with van der Waals surface area (Å²) in [5.41, 5.74) is 2.63. The van der Waals surface area contributed by atoms with Gasteiger partial charge in [0.15, 0.2) is 5.96 Å². The van der Waals surface area contributed by atoms with Crippen LogP contribution in [-0.4, -0.2) is 50.2 Å². The molecule has 1 aliphatic heterocycles. The molecule has 2 N–H and O–H groups in total. The number of aliphatic imine (C=N–C) groups is 1. The molecule has 0 radical (unpaired) electrons. The molecule has 0 bridgehead atoms. The van der Waals surface area contributed by atoms with Crippen LogP contribution in [0.3, 0.4) is 0 Å². The van der Waals surface area contributed by atoms with E-state index < -0.39 is 0 Å². The normalized spacial score (nSPS) is 16.0. The molecule has 1 fully saturated rings. The first-order valence-corrected chi connectivity index (χ1v) is 10.2. The van der Waals surface area contributed by atoms with Crippen molar-refractivity contribution in [1.29, 1.82) is 0 Å². The van der Waals surface area contributed by atoms with Gasteiger partial charge >= 0.3 is 0 Å². The third-order valence-electron chi connectivity index (χ3n) is 5.09. The Bertz CT molecular complexity index is 722. The van der Waals surface area contributed by atoms with Gasteiger partial charge in [0.25, 0.3) is 0 Å². The van der Waals surface area contributed by atoms with Crippen LogP contribution in [0.5, 0.6) is 5.75 Å². The minimum atomic E-state index is 0.469. The lowest BCUT2D eigenvalue weighted by Gasteiger charge is -2.33. The average molecular weight is 381 g/mol. The zero-order valence-electron chi connectivity index (χ0n) is 17.0. The van der Waals surface area contributed by atoms with E-state index in [0.29, 0.717) is 12.6 Å². The number of nitrogens with zero attached hydrogens (tertiary/aromatic N) is 2. The van der Waals surface area contributed by atoms with E-state index in [4.69, 9.17) is 4.74 Å². The minimum absolute atomic E-state index is 0.469. The van der Waals surface area contributed by atoms with Gasteiger partial charge in [0, 0.05) is 32.7 Å². The van der Waals surface area contributed by atoms with Crippen molar-refractivity contribution in [1.82, 2.24) is 15.5 Å². The second-order valence-corrected chi connectivity index (χ2v) is 7.34. The highest BCUT2D eigenvalue weighted by atomic mass is 16.5. The number of guanidine groups is 1. The van der Waals surface area contributed by atoms with Crippen molar-refractivity contribution in [3.05, 3.63) is 65.7 Å². The number of rotatable bonds is 7. The second-order valence-electron chi connectivity index (χ2n) is 7.34. The molecule has 0 saturated carbocycles. The Balaban J connectivity index is 1.33. The van der Waals surface area contributed by atoms with Crippen LogP contribution in [0.4, 0.5) is 0 Å². The predicted molar refractivity (Wildman–Crippen MR) is 116 cm³/mol. The molecule has 1 heterocycles. The Morgan fingerprint density at radius 1 is 1.07 bits per heavy atom. The van der Waals surface area contributed by atoms with E-state index in [0.717, 1.165) is 50.7 Å². The van der Waals surface area contributed by atoms with Crippen molar-refractivity contribution in [3.63, 3.8) is 0 Å². The van der Waals surface area contributed by atoms with E-state index in [2.05, 4.69) is 69.9 Å². The van der Waals surface area contributed by atoms with E-state index in [9.17, 15) is 0 Å². The molecule has 1 saturated heterocycles. The monoisotopic (exact) mass is 380 g/mol. The molecule has 3 rings (SSSR count). The number of piperidine rings is 1. The van der Waals surface area contributed by atoms with E-state index in [1.807, 2.05) is 19.2 Å². The maximum Gasteiger partial charge on any atom is 0.191 e. The number of ether oxygens (including phenoxy) is 1. The zero-order chi connectivity index (χ0) is 19.6. The van der Waals surface area contributed by atoms with Gasteiger partial charge in [-0.15, -0.1) is 0 Å². The van der Waals surface area contributed by atoms with Crippen LogP contribution in [0.2, 0.25) is 0 Å². The van der Waals surface area contributed by atoms with Crippen LogP contribution in [0.25, 0.3) is 0 Å². The smallest absolute Gasteiger partial charge is 0.191 e. The molecule has 0 spiro atoms. The van der Waals surface area contributed by atoms with Crippen LogP contribution >= 0.6 is 0 Å². The molecule has 5 nitrogen and oxygen atoms in total. The Morgan fingerprint density at radius 2 is 1.79 bits per heavy atom. The fourth-order valence-electron chi connectivity index (χ4n) is 3.44. The first-order chi connectivity index (χ1) is 13.7. The van der Waals surface area contributed by atoms with Crippen molar-refractivity contribution in [2.75, 3.05) is 33.3 Å². The number of aryl methyl sites for hydroxylation is 1. The van der Waals surface area contributed by atoms with Gasteiger partial charge in [-0.2, -0.15) is 0 Å². The molecule has 1 aliphatic rings. The summed E-state index contributed by atoms with van der Waals surface area (Å²) in [4.78, 5) is 6.88. The van der Waals surface area contributed by atoms with Crippen molar-refractivity contribution < 1.29 is 4.74 Å². The van der Waals surface area contributed by atoms with Gasteiger partial charge in [0.05, 0.1) is 6.54 Å². The summed E-state index contributed by atoms with van der Waals surface area (Å²) in [5, 5.41) is 6.90. The maximum absolute atomic E-state index is 5.76. The quantitative estimate of drug-likeness (QED) is 0.440.